The number of ether oxygens (including phenoxy) is 1. The van der Waals surface area contributed by atoms with Crippen LogP contribution in [0.1, 0.15) is 32.1 Å². The van der Waals surface area contributed by atoms with E-state index in [0.29, 0.717) is 6.42 Å². The molecule has 2 N–H and O–H groups in total. The third-order valence-electron chi connectivity index (χ3n) is 3.75. The molecule has 1 atom stereocenters. The van der Waals surface area contributed by atoms with Crippen molar-refractivity contribution in [1.29, 1.82) is 0 Å². The smallest absolute Gasteiger partial charge is 0.225 e. The number of nitrogens with two attached hydrogens (primary N) is 1. The number of carbonyl (C=O) groups is 1. The van der Waals surface area contributed by atoms with Crippen molar-refractivity contribution < 1.29 is 9.53 Å². The molecule has 1 aliphatic heterocycles. The molecule has 2 rings (SSSR count). The molecule has 86 valence electrons. The standard InChI is InChI=1S/C11H20N2O2/c1-15-11(4-2-5-11)7-10(14)13-6-3-9(12)8-13/h9H,2-8,12H2,1H3. The van der Waals surface area contributed by atoms with Crippen LogP contribution in [0.4, 0.5) is 0 Å². The highest BCUT2D eigenvalue weighted by Crippen LogP contribution is 2.38. The average molecular weight is 212 g/mol. The maximum absolute atomic E-state index is 11.9. The van der Waals surface area contributed by atoms with E-state index in [1.165, 1.54) is 6.42 Å². The van der Waals surface area contributed by atoms with Crippen LogP contribution in [0, 0.1) is 0 Å². The lowest BCUT2D eigenvalue weighted by Gasteiger charge is -2.40. The van der Waals surface area contributed by atoms with Gasteiger partial charge < -0.3 is 15.4 Å². The molecular formula is C11H20N2O2. The Hall–Kier alpha value is -0.610. The SMILES string of the molecule is COC1(CC(=O)N2CCC(N)C2)CCC1. The van der Waals surface area contributed by atoms with Gasteiger partial charge in [0.2, 0.25) is 5.91 Å². The summed E-state index contributed by atoms with van der Waals surface area (Å²) < 4.78 is 5.45. The highest BCUT2D eigenvalue weighted by atomic mass is 16.5. The second-order valence-electron chi connectivity index (χ2n) is 4.81. The molecule has 0 aromatic carbocycles. The first-order chi connectivity index (χ1) is 7.15. The van der Waals surface area contributed by atoms with Crippen molar-refractivity contribution in [1.82, 2.24) is 4.90 Å². The first-order valence-electron chi connectivity index (χ1n) is 5.74. The minimum Gasteiger partial charge on any atom is -0.378 e. The number of hydrogen-bond donors (Lipinski definition) is 1. The second kappa shape index (κ2) is 4.10. The van der Waals surface area contributed by atoms with Crippen LogP contribution in [-0.2, 0) is 9.53 Å². The Morgan fingerprint density at radius 3 is 2.73 bits per heavy atom. The normalized spacial score (nSPS) is 28.9. The first kappa shape index (κ1) is 10.9. The van der Waals surface area contributed by atoms with Crippen molar-refractivity contribution in [3.63, 3.8) is 0 Å². The molecule has 0 aromatic rings. The van der Waals surface area contributed by atoms with Crippen molar-refractivity contribution in [2.24, 2.45) is 5.73 Å². The largest absolute Gasteiger partial charge is 0.378 e. The molecule has 0 bridgehead atoms. The summed E-state index contributed by atoms with van der Waals surface area (Å²) in [7, 11) is 1.71. The van der Waals surface area contributed by atoms with Crippen LogP contribution in [0.25, 0.3) is 0 Å². The molecule has 2 aliphatic rings. The number of amides is 1. The third-order valence-corrected chi connectivity index (χ3v) is 3.75. The van der Waals surface area contributed by atoms with Crippen molar-refractivity contribution in [2.75, 3.05) is 20.2 Å². The molecule has 15 heavy (non-hydrogen) atoms. The highest BCUT2D eigenvalue weighted by molar-refractivity contribution is 5.77. The minimum absolute atomic E-state index is 0.149. The van der Waals surface area contributed by atoms with Crippen molar-refractivity contribution in [2.45, 2.75) is 43.7 Å². The Labute approximate surface area is 90.8 Å². The Kier molecular flexibility index (Phi) is 2.98. The van der Waals surface area contributed by atoms with Gasteiger partial charge in [-0.05, 0) is 25.7 Å². The molecule has 1 saturated heterocycles. The fraction of sp³-hybridized carbons (Fsp3) is 0.909. The molecule has 0 radical (unpaired) electrons. The molecule has 2 fully saturated rings. The minimum atomic E-state index is -0.149. The zero-order chi connectivity index (χ0) is 10.9. The Morgan fingerprint density at radius 1 is 1.60 bits per heavy atom. The molecule has 4 nitrogen and oxygen atoms in total. The van der Waals surface area contributed by atoms with E-state index in [1.54, 1.807) is 7.11 Å². The monoisotopic (exact) mass is 212 g/mol. The Morgan fingerprint density at radius 2 is 2.33 bits per heavy atom. The lowest BCUT2D eigenvalue weighted by atomic mass is 9.77. The molecule has 1 saturated carbocycles. The lowest BCUT2D eigenvalue weighted by Crippen LogP contribution is -2.45. The maximum Gasteiger partial charge on any atom is 0.225 e. The van der Waals surface area contributed by atoms with Gasteiger partial charge in [-0.2, -0.15) is 0 Å². The number of rotatable bonds is 3. The van der Waals surface area contributed by atoms with E-state index in [-0.39, 0.29) is 17.6 Å². The Bertz CT molecular complexity index is 245. The van der Waals surface area contributed by atoms with Gasteiger partial charge in [0.1, 0.15) is 0 Å². The van der Waals surface area contributed by atoms with Gasteiger partial charge in [-0.15, -0.1) is 0 Å². The molecule has 0 spiro atoms. The molecule has 1 heterocycles. The van der Waals surface area contributed by atoms with Crippen molar-refractivity contribution in [3.8, 4) is 0 Å². The molecule has 4 heteroatoms. The van der Waals surface area contributed by atoms with Crippen LogP contribution in [0.15, 0.2) is 0 Å². The van der Waals surface area contributed by atoms with Gasteiger partial charge in [0.15, 0.2) is 0 Å². The van der Waals surface area contributed by atoms with Crippen LogP contribution in [0.2, 0.25) is 0 Å². The first-order valence-corrected chi connectivity index (χ1v) is 5.74. The topological polar surface area (TPSA) is 55.6 Å². The zero-order valence-electron chi connectivity index (χ0n) is 9.37. The molecule has 1 amide bonds. The predicted octanol–water partition coefficient (Wildman–Crippen LogP) is 0.505. The summed E-state index contributed by atoms with van der Waals surface area (Å²) in [6.45, 7) is 1.54. The summed E-state index contributed by atoms with van der Waals surface area (Å²) in [6, 6.07) is 0.175. The summed E-state index contributed by atoms with van der Waals surface area (Å²) in [5.74, 6) is 0.213. The number of methoxy groups -OCH3 is 1. The van der Waals surface area contributed by atoms with Crippen LogP contribution in [0.5, 0.6) is 0 Å². The van der Waals surface area contributed by atoms with E-state index >= 15 is 0 Å². The number of carbonyl (C=O) groups excluding carboxylic acids is 1. The third kappa shape index (κ3) is 2.16. The molecular weight excluding hydrogens is 192 g/mol. The van der Waals surface area contributed by atoms with Crippen LogP contribution in [-0.4, -0.2) is 42.6 Å². The van der Waals surface area contributed by atoms with Crippen LogP contribution in [0.3, 0.4) is 0 Å². The van der Waals surface area contributed by atoms with Crippen molar-refractivity contribution in [3.05, 3.63) is 0 Å². The van der Waals surface area contributed by atoms with Gasteiger partial charge in [0.25, 0.3) is 0 Å². The van der Waals surface area contributed by atoms with E-state index in [0.717, 1.165) is 32.4 Å². The fourth-order valence-electron chi connectivity index (χ4n) is 2.43. The summed E-state index contributed by atoms with van der Waals surface area (Å²) >= 11 is 0. The molecule has 0 aromatic heterocycles. The van der Waals surface area contributed by atoms with Crippen LogP contribution >= 0.6 is 0 Å². The van der Waals surface area contributed by atoms with Gasteiger partial charge in [0.05, 0.1) is 12.0 Å². The van der Waals surface area contributed by atoms with Gasteiger partial charge in [-0.3, -0.25) is 4.79 Å². The lowest BCUT2D eigenvalue weighted by molar-refractivity contribution is -0.143. The molecule has 1 unspecified atom stereocenters. The Balaban J connectivity index is 1.86. The second-order valence-corrected chi connectivity index (χ2v) is 4.81. The summed E-state index contributed by atoms with van der Waals surface area (Å²) in [5, 5.41) is 0. The predicted molar refractivity (Wildman–Crippen MR) is 57.4 cm³/mol. The van der Waals surface area contributed by atoms with Gasteiger partial charge in [-0.1, -0.05) is 0 Å². The summed E-state index contributed by atoms with van der Waals surface area (Å²) in [6.07, 6.45) is 4.70. The summed E-state index contributed by atoms with van der Waals surface area (Å²) in [5.41, 5.74) is 5.63. The van der Waals surface area contributed by atoms with E-state index in [2.05, 4.69) is 0 Å². The summed E-state index contributed by atoms with van der Waals surface area (Å²) in [4.78, 5) is 13.8. The van der Waals surface area contributed by atoms with E-state index < -0.39 is 0 Å². The maximum atomic E-state index is 11.9. The number of likely N-dealkylation sites (tertiary alicyclic amines) is 1. The van der Waals surface area contributed by atoms with Gasteiger partial charge in [-0.25, -0.2) is 0 Å². The quantitative estimate of drug-likeness (QED) is 0.741. The van der Waals surface area contributed by atoms with E-state index in [9.17, 15) is 4.79 Å². The molecule has 1 aliphatic carbocycles. The van der Waals surface area contributed by atoms with E-state index in [1.807, 2.05) is 4.90 Å². The van der Waals surface area contributed by atoms with Gasteiger partial charge in [0, 0.05) is 26.2 Å². The number of hydrogen-bond acceptors (Lipinski definition) is 3. The number of nitrogens with zero attached hydrogens (tertiary/aromatic N) is 1. The van der Waals surface area contributed by atoms with Crippen LogP contribution < -0.4 is 5.73 Å². The fourth-order valence-corrected chi connectivity index (χ4v) is 2.43. The zero-order valence-corrected chi connectivity index (χ0v) is 9.37. The van der Waals surface area contributed by atoms with Crippen molar-refractivity contribution >= 4 is 5.91 Å². The van der Waals surface area contributed by atoms with E-state index in [4.69, 9.17) is 10.5 Å². The highest BCUT2D eigenvalue weighted by Gasteiger charge is 2.40. The average Bonchev–Trinajstić information content (AvgIpc) is 2.58. The van der Waals surface area contributed by atoms with Gasteiger partial charge >= 0.3 is 0 Å².